The Morgan fingerprint density at radius 2 is 1.83 bits per heavy atom. The number of anilines is 1. The smallest absolute Gasteiger partial charge is 0.417 e. The van der Waals surface area contributed by atoms with Gasteiger partial charge in [-0.3, -0.25) is 14.5 Å². The third kappa shape index (κ3) is 4.62. The van der Waals surface area contributed by atoms with Gasteiger partial charge in [-0.15, -0.1) is 5.10 Å². The summed E-state index contributed by atoms with van der Waals surface area (Å²) in [5, 5.41) is 12.6. The van der Waals surface area contributed by atoms with E-state index in [-0.39, 0.29) is 23.3 Å². The van der Waals surface area contributed by atoms with Gasteiger partial charge in [0.2, 0.25) is 5.88 Å². The minimum atomic E-state index is -4.50. The molecule has 12 heteroatoms. The van der Waals surface area contributed by atoms with Gasteiger partial charge in [-0.2, -0.15) is 18.3 Å². The average molecular weight is 499 g/mol. The summed E-state index contributed by atoms with van der Waals surface area (Å²) in [5.41, 5.74) is 0.439. The average Bonchev–Trinajstić information content (AvgIpc) is 3.25. The number of halogens is 3. The maximum absolute atomic E-state index is 13.3. The molecule has 0 spiro atoms. The molecule has 0 unspecified atom stereocenters. The normalized spacial score (nSPS) is 18.4. The molecule has 0 bridgehead atoms. The van der Waals surface area contributed by atoms with Gasteiger partial charge in [0.15, 0.2) is 0 Å². The second-order valence-corrected chi connectivity index (χ2v) is 8.77. The fourth-order valence-corrected chi connectivity index (χ4v) is 4.51. The molecule has 9 nitrogen and oxygen atoms in total. The molecule has 0 aromatic carbocycles. The first kappa shape index (κ1) is 23.8. The maximum atomic E-state index is 13.3. The summed E-state index contributed by atoms with van der Waals surface area (Å²) in [5.74, 6) is 1.03. The molecule has 0 amide bonds. The maximum Gasteiger partial charge on any atom is 0.417 e. The Morgan fingerprint density at radius 1 is 1.06 bits per heavy atom. The van der Waals surface area contributed by atoms with E-state index < -0.39 is 11.7 Å². The van der Waals surface area contributed by atoms with Crippen LogP contribution in [0, 0.1) is 0 Å². The Labute approximate surface area is 203 Å². The number of hydrogen-bond acceptors (Lipinski definition) is 7. The van der Waals surface area contributed by atoms with Gasteiger partial charge < -0.3 is 10.1 Å². The van der Waals surface area contributed by atoms with E-state index in [1.54, 1.807) is 26.4 Å². The van der Waals surface area contributed by atoms with Crippen molar-refractivity contribution >= 4 is 16.7 Å². The molecule has 1 saturated carbocycles. The number of nitrogens with one attached hydrogen (secondary N) is 1. The third-order valence-electron chi connectivity index (χ3n) is 6.40. The van der Waals surface area contributed by atoms with Crippen molar-refractivity contribution in [1.29, 1.82) is 0 Å². The first-order chi connectivity index (χ1) is 17.2. The standard InChI is InChI=1S/C24H24F3N7O2/c1-28-20-10-19-18(13-30-20)23(14-9-15(12-29-11-14)24(25,26)27)32-34(19)16-3-5-17(6-4-16)36-21-7-8-22(35)33(2)31-21/h7-13,16-17H,3-6H2,1-2H3,(H,28,30)/t16-,17+. The topological polar surface area (TPSA) is 99.8 Å². The molecule has 0 radical (unpaired) electrons. The Kier molecular flexibility index (Phi) is 6.10. The van der Waals surface area contributed by atoms with Crippen molar-refractivity contribution in [3.05, 3.63) is 58.8 Å². The van der Waals surface area contributed by atoms with Gasteiger partial charge in [-0.05, 0) is 31.7 Å². The molecule has 1 aliphatic rings. The molecule has 4 aromatic rings. The van der Waals surface area contributed by atoms with Crippen molar-refractivity contribution in [1.82, 2.24) is 29.5 Å². The van der Waals surface area contributed by atoms with Gasteiger partial charge in [0, 0.05) is 61.8 Å². The van der Waals surface area contributed by atoms with Crippen LogP contribution in [0.3, 0.4) is 0 Å². The van der Waals surface area contributed by atoms with Gasteiger partial charge in [-0.1, -0.05) is 0 Å². The largest absolute Gasteiger partial charge is 0.473 e. The number of pyridine rings is 2. The third-order valence-corrected chi connectivity index (χ3v) is 6.40. The molecule has 0 saturated heterocycles. The van der Waals surface area contributed by atoms with Gasteiger partial charge >= 0.3 is 6.18 Å². The molecule has 188 valence electrons. The van der Waals surface area contributed by atoms with Crippen LogP contribution in [0.4, 0.5) is 19.0 Å². The SMILES string of the molecule is CNc1cc2c(cn1)c(-c1cncc(C(F)(F)F)c1)nn2[C@H]1CC[C@@H](Oc2ccc(=O)n(C)n2)CC1. The van der Waals surface area contributed by atoms with Crippen LogP contribution in [-0.4, -0.2) is 42.7 Å². The minimum absolute atomic E-state index is 0.0278. The minimum Gasteiger partial charge on any atom is -0.473 e. The van der Waals surface area contributed by atoms with E-state index >= 15 is 0 Å². The summed E-state index contributed by atoms with van der Waals surface area (Å²) in [4.78, 5) is 19.7. The second-order valence-electron chi connectivity index (χ2n) is 8.77. The van der Waals surface area contributed by atoms with Crippen LogP contribution in [0.2, 0.25) is 0 Å². The van der Waals surface area contributed by atoms with Crippen molar-refractivity contribution in [2.75, 3.05) is 12.4 Å². The van der Waals surface area contributed by atoms with Crippen LogP contribution in [0.25, 0.3) is 22.2 Å². The van der Waals surface area contributed by atoms with Gasteiger partial charge in [0.05, 0.1) is 17.1 Å². The number of nitrogens with zero attached hydrogens (tertiary/aromatic N) is 6. The molecule has 1 aliphatic carbocycles. The number of aryl methyl sites for hydroxylation is 1. The number of hydrogen-bond donors (Lipinski definition) is 1. The first-order valence-corrected chi connectivity index (χ1v) is 11.5. The highest BCUT2D eigenvalue weighted by atomic mass is 19.4. The van der Waals surface area contributed by atoms with E-state index in [0.29, 0.717) is 22.8 Å². The zero-order valence-corrected chi connectivity index (χ0v) is 19.7. The van der Waals surface area contributed by atoms with Crippen molar-refractivity contribution in [3.8, 4) is 17.1 Å². The van der Waals surface area contributed by atoms with E-state index in [1.165, 1.54) is 16.9 Å². The lowest BCUT2D eigenvalue weighted by molar-refractivity contribution is -0.137. The number of fused-ring (bicyclic) bond motifs is 1. The van der Waals surface area contributed by atoms with Crippen molar-refractivity contribution in [2.45, 2.75) is 44.0 Å². The molecule has 4 heterocycles. The fourth-order valence-electron chi connectivity index (χ4n) is 4.51. The van der Waals surface area contributed by atoms with E-state index in [1.807, 2.05) is 10.7 Å². The van der Waals surface area contributed by atoms with Crippen LogP contribution in [-0.2, 0) is 13.2 Å². The molecular weight excluding hydrogens is 475 g/mol. The summed E-state index contributed by atoms with van der Waals surface area (Å²) in [6.45, 7) is 0. The lowest BCUT2D eigenvalue weighted by Crippen LogP contribution is -2.27. The summed E-state index contributed by atoms with van der Waals surface area (Å²) >= 11 is 0. The molecule has 0 atom stereocenters. The lowest BCUT2D eigenvalue weighted by Gasteiger charge is -2.29. The summed E-state index contributed by atoms with van der Waals surface area (Å²) in [7, 11) is 3.32. The van der Waals surface area contributed by atoms with Crippen molar-refractivity contribution < 1.29 is 17.9 Å². The molecule has 0 aliphatic heterocycles. The number of ether oxygens (including phenoxy) is 1. The highest BCUT2D eigenvalue weighted by molar-refractivity contribution is 5.94. The van der Waals surface area contributed by atoms with Crippen LogP contribution in [0.15, 0.2) is 47.7 Å². The molecule has 1 N–H and O–H groups in total. The van der Waals surface area contributed by atoms with Crippen LogP contribution in [0.1, 0.15) is 37.3 Å². The fraction of sp³-hybridized carbons (Fsp3) is 0.375. The van der Waals surface area contributed by atoms with E-state index in [9.17, 15) is 18.0 Å². The van der Waals surface area contributed by atoms with E-state index in [4.69, 9.17) is 9.84 Å². The molecule has 36 heavy (non-hydrogen) atoms. The predicted molar refractivity (Wildman–Crippen MR) is 127 cm³/mol. The monoisotopic (exact) mass is 499 g/mol. The van der Waals surface area contributed by atoms with Crippen LogP contribution >= 0.6 is 0 Å². The molecular formula is C24H24F3N7O2. The summed E-state index contributed by atoms with van der Waals surface area (Å²) in [6, 6.07) is 5.93. The first-order valence-electron chi connectivity index (χ1n) is 11.5. The zero-order chi connectivity index (χ0) is 25.4. The molecule has 5 rings (SSSR count). The zero-order valence-electron chi connectivity index (χ0n) is 19.7. The Hall–Kier alpha value is -3.96. The van der Waals surface area contributed by atoms with Gasteiger partial charge in [0.1, 0.15) is 17.6 Å². The van der Waals surface area contributed by atoms with Crippen molar-refractivity contribution in [2.24, 2.45) is 7.05 Å². The van der Waals surface area contributed by atoms with Crippen molar-refractivity contribution in [3.63, 3.8) is 0 Å². The molecule has 4 aromatic heterocycles. The quantitative estimate of drug-likeness (QED) is 0.439. The summed E-state index contributed by atoms with van der Waals surface area (Å²) < 4.78 is 49.0. The number of aromatic nitrogens is 6. The lowest BCUT2D eigenvalue weighted by atomic mass is 9.93. The van der Waals surface area contributed by atoms with Crippen LogP contribution < -0.4 is 15.6 Å². The predicted octanol–water partition coefficient (Wildman–Crippen LogP) is 4.21. The van der Waals surface area contributed by atoms with E-state index in [0.717, 1.165) is 43.5 Å². The molecule has 1 fully saturated rings. The number of rotatable bonds is 5. The van der Waals surface area contributed by atoms with Gasteiger partial charge in [0.25, 0.3) is 5.56 Å². The second kappa shape index (κ2) is 9.25. The van der Waals surface area contributed by atoms with Gasteiger partial charge in [-0.25, -0.2) is 9.67 Å². The van der Waals surface area contributed by atoms with E-state index in [2.05, 4.69) is 20.4 Å². The Balaban J connectivity index is 1.44. The Morgan fingerprint density at radius 3 is 2.53 bits per heavy atom. The van der Waals surface area contributed by atoms with Crippen LogP contribution in [0.5, 0.6) is 5.88 Å². The Bertz CT molecular complexity index is 1460. The number of alkyl halides is 3. The highest BCUT2D eigenvalue weighted by Crippen LogP contribution is 2.37. The highest BCUT2D eigenvalue weighted by Gasteiger charge is 2.32. The summed E-state index contributed by atoms with van der Waals surface area (Å²) in [6.07, 6.45) is 2.24.